The molecule has 7 nitrogen and oxygen atoms in total. The molecule has 0 heterocycles. The Morgan fingerprint density at radius 2 is 0.958 bits per heavy atom. The summed E-state index contributed by atoms with van der Waals surface area (Å²) in [5.74, 6) is -1.69. The Morgan fingerprint density at radius 3 is 1.08 bits per heavy atom. The molecule has 0 saturated heterocycles. The second-order valence-electron chi connectivity index (χ2n) is 5.46. The molecule has 0 aromatic heterocycles. The van der Waals surface area contributed by atoms with Gasteiger partial charge in [-0.05, 0) is 54.4 Å². The van der Waals surface area contributed by atoms with Gasteiger partial charge >= 0.3 is 11.9 Å². The summed E-state index contributed by atoms with van der Waals surface area (Å²) >= 11 is 0. The summed E-state index contributed by atoms with van der Waals surface area (Å²) in [6.45, 7) is 9.30. The minimum absolute atomic E-state index is 0.167. The molecule has 0 bridgehead atoms. The van der Waals surface area contributed by atoms with Gasteiger partial charge in [0.15, 0.2) is 0 Å². The quantitative estimate of drug-likeness (QED) is 0.542. The number of hydrogen-bond acceptors (Lipinski definition) is 5. The summed E-state index contributed by atoms with van der Waals surface area (Å²) in [4.78, 5) is 29.8. The Morgan fingerprint density at radius 1 is 0.750 bits per heavy atom. The average Bonchev–Trinajstić information content (AvgIpc) is 2.41. The van der Waals surface area contributed by atoms with Crippen molar-refractivity contribution in [1.82, 2.24) is 0 Å². The van der Waals surface area contributed by atoms with Gasteiger partial charge in [-0.15, -0.1) is 0 Å². The van der Waals surface area contributed by atoms with Gasteiger partial charge in [0.05, 0.1) is 12.2 Å². The zero-order valence-corrected chi connectivity index (χ0v) is 15.2. The van der Waals surface area contributed by atoms with Crippen LogP contribution in [-0.4, -0.2) is 50.4 Å². The van der Waals surface area contributed by atoms with E-state index in [9.17, 15) is 14.4 Å². The normalized spacial score (nSPS) is 13.5. The van der Waals surface area contributed by atoms with Crippen LogP contribution in [0.1, 0.15) is 54.4 Å². The fourth-order valence-electron chi connectivity index (χ4n) is 0.869. The lowest BCUT2D eigenvalue weighted by molar-refractivity contribution is -0.133. The van der Waals surface area contributed by atoms with Crippen molar-refractivity contribution in [1.29, 1.82) is 0 Å². The van der Waals surface area contributed by atoms with Crippen LogP contribution in [-0.2, 0) is 14.4 Å². The largest absolute Gasteiger partial charge is 0.478 e. The van der Waals surface area contributed by atoms with Crippen molar-refractivity contribution in [2.24, 2.45) is 0 Å². The molecule has 0 spiro atoms. The van der Waals surface area contributed by atoms with Crippen LogP contribution in [0.5, 0.6) is 0 Å². The van der Waals surface area contributed by atoms with E-state index in [1.165, 1.54) is 39.8 Å². The van der Waals surface area contributed by atoms with Gasteiger partial charge in [0, 0.05) is 11.1 Å². The maximum absolute atomic E-state index is 10.2. The number of rotatable bonds is 6. The number of ketones is 1. The predicted octanol–water partition coefficient (Wildman–Crippen LogP) is 2.17. The first-order valence-corrected chi connectivity index (χ1v) is 7.44. The molecular weight excluding hydrogens is 316 g/mol. The van der Waals surface area contributed by atoms with Crippen LogP contribution in [0.25, 0.3) is 0 Å². The third-order valence-electron chi connectivity index (χ3n) is 2.20. The highest BCUT2D eigenvalue weighted by molar-refractivity contribution is 5.86. The van der Waals surface area contributed by atoms with Crippen molar-refractivity contribution in [3.05, 3.63) is 23.3 Å². The number of carboxylic acid groups (broad SMARTS) is 2. The molecule has 0 aromatic rings. The van der Waals surface area contributed by atoms with Crippen molar-refractivity contribution in [3.63, 3.8) is 0 Å². The highest BCUT2D eigenvalue weighted by Crippen LogP contribution is 1.98. The summed E-state index contributed by atoms with van der Waals surface area (Å²) in [5, 5.41) is 34.2. The van der Waals surface area contributed by atoms with Gasteiger partial charge < -0.3 is 25.2 Å². The minimum atomic E-state index is -0.930. The Labute approximate surface area is 143 Å². The molecule has 0 aliphatic carbocycles. The van der Waals surface area contributed by atoms with E-state index in [1.54, 1.807) is 13.8 Å². The highest BCUT2D eigenvalue weighted by atomic mass is 16.4. The van der Waals surface area contributed by atoms with Crippen molar-refractivity contribution < 1.29 is 34.8 Å². The van der Waals surface area contributed by atoms with Gasteiger partial charge in [-0.2, -0.15) is 0 Å². The second kappa shape index (κ2) is 15.9. The van der Waals surface area contributed by atoms with E-state index in [0.29, 0.717) is 12.8 Å². The first-order chi connectivity index (χ1) is 10.8. The molecular formula is C17H30O7. The van der Waals surface area contributed by atoms with Gasteiger partial charge in [-0.3, -0.25) is 0 Å². The van der Waals surface area contributed by atoms with Crippen LogP contribution < -0.4 is 0 Å². The number of aliphatic hydroxyl groups is 2. The van der Waals surface area contributed by atoms with Crippen molar-refractivity contribution in [2.75, 3.05) is 0 Å². The number of aliphatic hydroxyl groups excluding tert-OH is 2. The number of carbonyl (C=O) groups is 3. The van der Waals surface area contributed by atoms with Crippen molar-refractivity contribution in [2.45, 2.75) is 66.6 Å². The second-order valence-corrected chi connectivity index (χ2v) is 5.46. The van der Waals surface area contributed by atoms with Crippen LogP contribution >= 0.6 is 0 Å². The molecule has 0 aromatic carbocycles. The lowest BCUT2D eigenvalue weighted by Crippen LogP contribution is -2.00. The highest BCUT2D eigenvalue weighted by Gasteiger charge is 2.00. The predicted molar refractivity (Wildman–Crippen MR) is 91.7 cm³/mol. The Bertz CT molecular complexity index is 406. The molecule has 24 heavy (non-hydrogen) atoms. The minimum Gasteiger partial charge on any atom is -0.478 e. The molecule has 7 heteroatoms. The molecule has 0 aliphatic rings. The van der Waals surface area contributed by atoms with Gasteiger partial charge in [0.2, 0.25) is 0 Å². The topological polar surface area (TPSA) is 132 Å². The van der Waals surface area contributed by atoms with Crippen LogP contribution in [0, 0.1) is 0 Å². The molecule has 0 rings (SSSR count). The SMILES string of the molecule is CC(=CCC(C)O)C(=O)O.CC(=CCC(C)O)C(=O)O.CC(C)=O. The van der Waals surface area contributed by atoms with Crippen LogP contribution in [0.4, 0.5) is 0 Å². The molecule has 0 fully saturated rings. The first kappa shape index (κ1) is 26.9. The Kier molecular flexibility index (Phi) is 17.8. The summed E-state index contributed by atoms with van der Waals surface area (Å²) in [7, 11) is 0. The summed E-state index contributed by atoms with van der Waals surface area (Å²) in [5.41, 5.74) is 0.557. The molecule has 140 valence electrons. The van der Waals surface area contributed by atoms with Crippen LogP contribution in [0.3, 0.4) is 0 Å². The van der Waals surface area contributed by atoms with E-state index in [2.05, 4.69) is 0 Å². The lowest BCUT2D eigenvalue weighted by atomic mass is 10.2. The van der Waals surface area contributed by atoms with Crippen LogP contribution in [0.2, 0.25) is 0 Å². The summed E-state index contributed by atoms with van der Waals surface area (Å²) < 4.78 is 0. The Balaban J connectivity index is -0.000000301. The van der Waals surface area contributed by atoms with Gasteiger partial charge in [-0.1, -0.05) is 12.2 Å². The fourth-order valence-corrected chi connectivity index (χ4v) is 0.869. The Hall–Kier alpha value is -1.99. The smallest absolute Gasteiger partial charge is 0.330 e. The fraction of sp³-hybridized carbons (Fsp3) is 0.588. The number of hydrogen-bond donors (Lipinski definition) is 4. The molecule has 2 unspecified atom stereocenters. The van der Waals surface area contributed by atoms with Crippen molar-refractivity contribution in [3.8, 4) is 0 Å². The van der Waals surface area contributed by atoms with Gasteiger partial charge in [0.1, 0.15) is 5.78 Å². The number of aliphatic carboxylic acids is 2. The van der Waals surface area contributed by atoms with E-state index >= 15 is 0 Å². The molecule has 0 saturated carbocycles. The van der Waals surface area contributed by atoms with Gasteiger partial charge in [0.25, 0.3) is 0 Å². The molecule has 0 amide bonds. The monoisotopic (exact) mass is 346 g/mol. The number of Topliss-reactive ketones (excluding diaryl/α,β-unsaturated/α-hetero) is 1. The standard InChI is InChI=1S/2C7H12O3.C3H6O/c2*1-5(7(9)10)3-4-6(2)8;1-3(2)4/h2*3,6,8H,4H2,1-2H3,(H,9,10);1-2H3. The number of carboxylic acids is 2. The maximum Gasteiger partial charge on any atom is 0.330 e. The first-order valence-electron chi connectivity index (χ1n) is 7.44. The van der Waals surface area contributed by atoms with E-state index in [0.717, 1.165) is 0 Å². The average molecular weight is 346 g/mol. The zero-order valence-electron chi connectivity index (χ0n) is 15.2. The third-order valence-corrected chi connectivity index (χ3v) is 2.20. The van der Waals surface area contributed by atoms with E-state index in [1.807, 2.05) is 0 Å². The lowest BCUT2D eigenvalue weighted by Gasteiger charge is -1.97. The maximum atomic E-state index is 10.2. The van der Waals surface area contributed by atoms with E-state index in [4.69, 9.17) is 20.4 Å². The van der Waals surface area contributed by atoms with E-state index < -0.39 is 24.1 Å². The summed E-state index contributed by atoms with van der Waals surface area (Å²) in [6, 6.07) is 0. The van der Waals surface area contributed by atoms with E-state index in [-0.39, 0.29) is 16.9 Å². The molecule has 0 aliphatic heterocycles. The molecule has 2 atom stereocenters. The van der Waals surface area contributed by atoms with Gasteiger partial charge in [-0.25, -0.2) is 9.59 Å². The zero-order chi connectivity index (χ0) is 19.9. The third kappa shape index (κ3) is 28.2. The summed E-state index contributed by atoms with van der Waals surface area (Å²) in [6.07, 6.45) is 2.89. The number of carbonyl (C=O) groups excluding carboxylic acids is 1. The molecule has 0 radical (unpaired) electrons. The molecule has 4 N–H and O–H groups in total. The van der Waals surface area contributed by atoms with Crippen molar-refractivity contribution >= 4 is 17.7 Å². The van der Waals surface area contributed by atoms with Crippen LogP contribution in [0.15, 0.2) is 23.3 Å².